The van der Waals surface area contributed by atoms with Gasteiger partial charge < -0.3 is 0 Å². The summed E-state index contributed by atoms with van der Waals surface area (Å²) in [5, 5.41) is 0. The zero-order chi connectivity index (χ0) is 15.2. The minimum Gasteiger partial charge on any atom is -0.0912 e. The van der Waals surface area contributed by atoms with Crippen molar-refractivity contribution in [3.63, 3.8) is 0 Å². The highest BCUT2D eigenvalue weighted by molar-refractivity contribution is 5.60. The Balaban J connectivity index is 1.84. The lowest BCUT2D eigenvalue weighted by molar-refractivity contribution is 0.724. The molecule has 0 fully saturated rings. The van der Waals surface area contributed by atoms with E-state index in [1.807, 2.05) is 0 Å². The van der Waals surface area contributed by atoms with Crippen LogP contribution in [0.4, 0.5) is 0 Å². The van der Waals surface area contributed by atoms with Crippen molar-refractivity contribution in [2.24, 2.45) is 0 Å². The van der Waals surface area contributed by atoms with Crippen molar-refractivity contribution < 1.29 is 0 Å². The lowest BCUT2D eigenvalue weighted by Crippen LogP contribution is -2.01. The van der Waals surface area contributed by atoms with E-state index in [0.717, 1.165) is 24.8 Å². The maximum absolute atomic E-state index is 4.05. The van der Waals surface area contributed by atoms with Crippen molar-refractivity contribution in [3.8, 4) is 0 Å². The molecule has 0 radical (unpaired) electrons. The molecule has 0 bridgehead atoms. The zero-order valence-corrected chi connectivity index (χ0v) is 13.7. The Labute approximate surface area is 130 Å². The maximum atomic E-state index is 4.05. The number of hydrogen-bond donors (Lipinski definition) is 0. The second-order valence-electron chi connectivity index (χ2n) is 6.03. The lowest BCUT2D eigenvalue weighted by Gasteiger charge is -2.20. The predicted octanol–water partition coefficient (Wildman–Crippen LogP) is 6.60. The van der Waals surface area contributed by atoms with Crippen LogP contribution in [0, 0.1) is 0 Å². The molecule has 2 aliphatic carbocycles. The van der Waals surface area contributed by atoms with E-state index < -0.39 is 0 Å². The minimum absolute atomic E-state index is 1.12. The van der Waals surface area contributed by atoms with Crippen LogP contribution in [0.1, 0.15) is 58.8 Å². The van der Waals surface area contributed by atoms with Gasteiger partial charge in [0.1, 0.15) is 0 Å². The summed E-state index contributed by atoms with van der Waals surface area (Å²) in [7, 11) is 0. The Morgan fingerprint density at radius 1 is 1.00 bits per heavy atom. The summed E-state index contributed by atoms with van der Waals surface area (Å²) in [4.78, 5) is 0. The van der Waals surface area contributed by atoms with E-state index in [1.165, 1.54) is 42.4 Å². The molecule has 0 atom stereocenters. The SMILES string of the molecule is C=C1C=C(CCCCC2=C(CC)CC=C(CC)C=C2)C1=C. The molecule has 0 amide bonds. The van der Waals surface area contributed by atoms with Crippen LogP contribution in [-0.2, 0) is 0 Å². The standard InChI is InChI=1S/C21H28/c1-5-18-11-13-19(6-2)20(14-12-18)9-7-8-10-21-15-16(3)17(21)4/h11-12,14-15H,3-10,13H2,1-2H3. The Morgan fingerprint density at radius 2 is 1.76 bits per heavy atom. The Hall–Kier alpha value is -1.56. The third kappa shape index (κ3) is 3.97. The maximum Gasteiger partial charge on any atom is -0.0127 e. The fourth-order valence-corrected chi connectivity index (χ4v) is 3.04. The minimum atomic E-state index is 1.12. The molecule has 0 N–H and O–H groups in total. The summed E-state index contributed by atoms with van der Waals surface area (Å²) in [5.41, 5.74) is 8.38. The number of hydrogen-bond acceptors (Lipinski definition) is 0. The second-order valence-corrected chi connectivity index (χ2v) is 6.03. The van der Waals surface area contributed by atoms with E-state index >= 15 is 0 Å². The molecule has 0 heterocycles. The van der Waals surface area contributed by atoms with Crippen LogP contribution in [0.3, 0.4) is 0 Å². The smallest absolute Gasteiger partial charge is 0.0127 e. The van der Waals surface area contributed by atoms with Crippen molar-refractivity contribution >= 4 is 0 Å². The van der Waals surface area contributed by atoms with Gasteiger partial charge >= 0.3 is 0 Å². The molecule has 2 rings (SSSR count). The monoisotopic (exact) mass is 280 g/mol. The molecule has 0 aliphatic heterocycles. The van der Waals surface area contributed by atoms with Crippen LogP contribution >= 0.6 is 0 Å². The van der Waals surface area contributed by atoms with E-state index in [1.54, 1.807) is 11.1 Å². The van der Waals surface area contributed by atoms with Crippen molar-refractivity contribution in [1.29, 1.82) is 0 Å². The van der Waals surface area contributed by atoms with Gasteiger partial charge in [0.05, 0.1) is 0 Å². The summed E-state index contributed by atoms with van der Waals surface area (Å²) in [6, 6.07) is 0. The van der Waals surface area contributed by atoms with Crippen LogP contribution in [0.25, 0.3) is 0 Å². The first-order valence-corrected chi connectivity index (χ1v) is 8.32. The fraction of sp³-hybridized carbons (Fsp3) is 0.429. The fourth-order valence-electron chi connectivity index (χ4n) is 3.04. The second kappa shape index (κ2) is 7.45. The highest BCUT2D eigenvalue weighted by Crippen LogP contribution is 2.33. The van der Waals surface area contributed by atoms with Crippen molar-refractivity contribution in [2.45, 2.75) is 58.8 Å². The first kappa shape index (κ1) is 15.8. The highest BCUT2D eigenvalue weighted by atomic mass is 14.2. The van der Waals surface area contributed by atoms with Crippen molar-refractivity contribution in [3.05, 3.63) is 70.9 Å². The van der Waals surface area contributed by atoms with Gasteiger partial charge in [-0.15, -0.1) is 0 Å². The molecule has 0 saturated heterocycles. The van der Waals surface area contributed by atoms with Gasteiger partial charge in [0.2, 0.25) is 0 Å². The summed E-state index contributed by atoms with van der Waals surface area (Å²) < 4.78 is 0. The first-order valence-electron chi connectivity index (χ1n) is 8.32. The number of rotatable bonds is 7. The predicted molar refractivity (Wildman–Crippen MR) is 94.3 cm³/mol. The van der Waals surface area contributed by atoms with E-state index in [4.69, 9.17) is 0 Å². The van der Waals surface area contributed by atoms with Crippen LogP contribution in [-0.4, -0.2) is 0 Å². The molecule has 0 aromatic rings. The van der Waals surface area contributed by atoms with Gasteiger partial charge in [-0.25, -0.2) is 0 Å². The average Bonchev–Trinajstić information content (AvgIpc) is 2.71. The molecule has 0 nitrogen and oxygen atoms in total. The van der Waals surface area contributed by atoms with Gasteiger partial charge in [0, 0.05) is 0 Å². The molecule has 2 aliphatic rings. The third-order valence-electron chi connectivity index (χ3n) is 4.66. The van der Waals surface area contributed by atoms with E-state index in [9.17, 15) is 0 Å². The van der Waals surface area contributed by atoms with Crippen LogP contribution in [0.5, 0.6) is 0 Å². The molecule has 21 heavy (non-hydrogen) atoms. The Bertz CT molecular complexity index is 547. The molecular formula is C21H28. The van der Waals surface area contributed by atoms with Gasteiger partial charge in [0.25, 0.3) is 0 Å². The van der Waals surface area contributed by atoms with E-state index in [0.29, 0.717) is 0 Å². The normalized spacial score (nSPS) is 18.4. The lowest BCUT2D eigenvalue weighted by atomic mass is 9.85. The number of allylic oxidation sites excluding steroid dienone is 10. The molecule has 0 spiro atoms. The first-order chi connectivity index (χ1) is 10.2. The van der Waals surface area contributed by atoms with Crippen LogP contribution < -0.4 is 0 Å². The molecule has 112 valence electrons. The molecule has 0 saturated carbocycles. The summed E-state index contributed by atoms with van der Waals surface area (Å²) in [6.07, 6.45) is 17.6. The Morgan fingerprint density at radius 3 is 2.38 bits per heavy atom. The van der Waals surface area contributed by atoms with Gasteiger partial charge in [-0.1, -0.05) is 62.5 Å². The average molecular weight is 280 g/mol. The van der Waals surface area contributed by atoms with Crippen LogP contribution in [0.15, 0.2) is 70.9 Å². The molecule has 0 aromatic heterocycles. The van der Waals surface area contributed by atoms with E-state index in [-0.39, 0.29) is 0 Å². The quantitative estimate of drug-likeness (QED) is 0.461. The zero-order valence-electron chi connectivity index (χ0n) is 13.7. The van der Waals surface area contributed by atoms with Gasteiger partial charge in [-0.05, 0) is 67.2 Å². The van der Waals surface area contributed by atoms with Crippen LogP contribution in [0.2, 0.25) is 0 Å². The Kier molecular flexibility index (Phi) is 5.61. The molecular weight excluding hydrogens is 252 g/mol. The summed E-state index contributed by atoms with van der Waals surface area (Å²) >= 11 is 0. The largest absolute Gasteiger partial charge is 0.0912 e. The van der Waals surface area contributed by atoms with Crippen molar-refractivity contribution in [1.82, 2.24) is 0 Å². The van der Waals surface area contributed by atoms with Gasteiger partial charge in [-0.3, -0.25) is 0 Å². The van der Waals surface area contributed by atoms with Gasteiger partial charge in [0.15, 0.2) is 0 Å². The molecule has 0 aromatic carbocycles. The summed E-state index contributed by atoms with van der Waals surface area (Å²) in [5.74, 6) is 0. The van der Waals surface area contributed by atoms with Crippen molar-refractivity contribution in [2.75, 3.05) is 0 Å². The third-order valence-corrected chi connectivity index (χ3v) is 4.66. The molecule has 0 heteroatoms. The number of unbranched alkanes of at least 4 members (excludes halogenated alkanes) is 1. The highest BCUT2D eigenvalue weighted by Gasteiger charge is 2.14. The van der Waals surface area contributed by atoms with E-state index in [2.05, 4.69) is 51.3 Å². The molecule has 0 unspecified atom stereocenters. The van der Waals surface area contributed by atoms with Gasteiger partial charge in [-0.2, -0.15) is 0 Å². The topological polar surface area (TPSA) is 0 Å². The summed E-state index contributed by atoms with van der Waals surface area (Å²) in [6.45, 7) is 12.5.